The van der Waals surface area contributed by atoms with Crippen molar-refractivity contribution in [3.05, 3.63) is 33.9 Å². The van der Waals surface area contributed by atoms with Gasteiger partial charge in [-0.1, -0.05) is 0 Å². The van der Waals surface area contributed by atoms with Gasteiger partial charge in [-0.15, -0.1) is 12.4 Å². The fourth-order valence-electron chi connectivity index (χ4n) is 1.70. The molecule has 1 aliphatic rings. The molecule has 0 saturated carbocycles. The number of nitrogens with zero attached hydrogens (tertiary/aromatic N) is 1. The van der Waals surface area contributed by atoms with E-state index < -0.39 is 4.92 Å². The highest BCUT2D eigenvalue weighted by molar-refractivity contribution is 5.85. The molecule has 1 saturated heterocycles. The third-order valence-electron chi connectivity index (χ3n) is 2.52. The molecule has 6 nitrogen and oxygen atoms in total. The Morgan fingerprint density at radius 3 is 2.88 bits per heavy atom. The number of morpholine rings is 1. The van der Waals surface area contributed by atoms with Gasteiger partial charge >= 0.3 is 0 Å². The molecule has 17 heavy (non-hydrogen) atoms. The summed E-state index contributed by atoms with van der Waals surface area (Å²) in [5.41, 5.74) is 0.481. The van der Waals surface area contributed by atoms with E-state index in [0.29, 0.717) is 25.3 Å². The summed E-state index contributed by atoms with van der Waals surface area (Å²) in [6.45, 7) is 1.70. The van der Waals surface area contributed by atoms with E-state index in [1.54, 1.807) is 0 Å². The first-order chi connectivity index (χ1) is 7.68. The first-order valence-corrected chi connectivity index (χ1v) is 4.97. The van der Waals surface area contributed by atoms with Crippen LogP contribution in [0.1, 0.15) is 11.6 Å². The van der Waals surface area contributed by atoms with Gasteiger partial charge in [-0.3, -0.25) is 10.1 Å². The number of halogens is 1. The van der Waals surface area contributed by atoms with Gasteiger partial charge < -0.3 is 15.2 Å². The van der Waals surface area contributed by atoms with Gasteiger partial charge in [0.15, 0.2) is 0 Å². The fourth-order valence-corrected chi connectivity index (χ4v) is 1.70. The van der Waals surface area contributed by atoms with Crippen molar-refractivity contribution in [1.29, 1.82) is 0 Å². The van der Waals surface area contributed by atoms with Crippen LogP contribution in [0.5, 0.6) is 5.75 Å². The van der Waals surface area contributed by atoms with Crippen LogP contribution in [0.3, 0.4) is 0 Å². The third kappa shape index (κ3) is 3.06. The SMILES string of the molecule is Cl.O=[N+]([O-])c1ccc(O)c([C@H]2COCCN2)c1. The van der Waals surface area contributed by atoms with Crippen LogP contribution in [0.15, 0.2) is 18.2 Å². The maximum absolute atomic E-state index is 10.6. The van der Waals surface area contributed by atoms with Gasteiger partial charge in [0.25, 0.3) is 5.69 Å². The van der Waals surface area contributed by atoms with Crippen LogP contribution in [0.4, 0.5) is 5.69 Å². The van der Waals surface area contributed by atoms with Gasteiger partial charge in [0.05, 0.1) is 24.2 Å². The minimum Gasteiger partial charge on any atom is -0.508 e. The highest BCUT2D eigenvalue weighted by Gasteiger charge is 2.21. The molecule has 1 aliphatic heterocycles. The lowest BCUT2D eigenvalue weighted by Crippen LogP contribution is -2.34. The summed E-state index contributed by atoms with van der Waals surface area (Å²) >= 11 is 0. The quantitative estimate of drug-likeness (QED) is 0.620. The van der Waals surface area contributed by atoms with Crippen molar-refractivity contribution in [1.82, 2.24) is 5.32 Å². The van der Waals surface area contributed by atoms with Crippen LogP contribution in [0.25, 0.3) is 0 Å². The van der Waals surface area contributed by atoms with Gasteiger partial charge in [0.1, 0.15) is 5.75 Å². The van der Waals surface area contributed by atoms with E-state index in [1.165, 1.54) is 18.2 Å². The van der Waals surface area contributed by atoms with Gasteiger partial charge in [-0.05, 0) is 6.07 Å². The predicted octanol–water partition coefficient (Wildman–Crippen LogP) is 1.38. The summed E-state index contributed by atoms with van der Waals surface area (Å²) in [5, 5.41) is 23.4. The first kappa shape index (κ1) is 13.7. The standard InChI is InChI=1S/C10H12N2O4.ClH/c13-10-2-1-7(12(14)15)5-8(10)9-6-16-4-3-11-9;/h1-2,5,9,11,13H,3-4,6H2;1H/t9-;/m1./s1. The number of rotatable bonds is 2. The Labute approximate surface area is 104 Å². The Morgan fingerprint density at radius 2 is 2.29 bits per heavy atom. The van der Waals surface area contributed by atoms with Crippen LogP contribution in [-0.4, -0.2) is 29.8 Å². The number of aromatic hydroxyl groups is 1. The van der Waals surface area contributed by atoms with Gasteiger partial charge in [-0.2, -0.15) is 0 Å². The van der Waals surface area contributed by atoms with Crippen LogP contribution in [0.2, 0.25) is 0 Å². The summed E-state index contributed by atoms with van der Waals surface area (Å²) in [7, 11) is 0. The first-order valence-electron chi connectivity index (χ1n) is 4.97. The number of non-ortho nitro benzene ring substituents is 1. The zero-order valence-electron chi connectivity index (χ0n) is 8.96. The highest BCUT2D eigenvalue weighted by Crippen LogP contribution is 2.29. The molecule has 1 aromatic rings. The summed E-state index contributed by atoms with van der Waals surface area (Å²) in [6.07, 6.45) is 0. The number of nitro benzene ring substituents is 1. The molecule has 1 atom stereocenters. The van der Waals surface area contributed by atoms with Crippen LogP contribution < -0.4 is 5.32 Å². The molecule has 0 unspecified atom stereocenters. The number of nitro groups is 1. The van der Waals surface area contributed by atoms with Crippen molar-refractivity contribution in [2.75, 3.05) is 19.8 Å². The highest BCUT2D eigenvalue weighted by atomic mass is 35.5. The van der Waals surface area contributed by atoms with Gasteiger partial charge in [0, 0.05) is 24.2 Å². The van der Waals surface area contributed by atoms with Crippen LogP contribution >= 0.6 is 12.4 Å². The van der Waals surface area contributed by atoms with Crippen molar-refractivity contribution < 1.29 is 14.8 Å². The molecule has 1 aromatic carbocycles. The molecular formula is C10H13ClN2O4. The topological polar surface area (TPSA) is 84.6 Å². The summed E-state index contributed by atoms with van der Waals surface area (Å²) in [6, 6.07) is 3.81. The number of nitrogens with one attached hydrogen (secondary N) is 1. The number of ether oxygens (including phenoxy) is 1. The Kier molecular flexibility index (Phi) is 4.68. The lowest BCUT2D eigenvalue weighted by Gasteiger charge is -2.24. The average molecular weight is 261 g/mol. The summed E-state index contributed by atoms with van der Waals surface area (Å²) in [4.78, 5) is 10.1. The molecular weight excluding hydrogens is 248 g/mol. The molecule has 1 heterocycles. The molecule has 0 spiro atoms. The molecule has 2 N–H and O–H groups in total. The van der Waals surface area contributed by atoms with E-state index in [0.717, 1.165) is 0 Å². The summed E-state index contributed by atoms with van der Waals surface area (Å²) in [5.74, 6) is 0.0496. The Morgan fingerprint density at radius 1 is 1.53 bits per heavy atom. The molecule has 7 heteroatoms. The van der Waals surface area contributed by atoms with Crippen molar-refractivity contribution in [2.45, 2.75) is 6.04 Å². The van der Waals surface area contributed by atoms with Crippen molar-refractivity contribution in [2.24, 2.45) is 0 Å². The molecule has 0 radical (unpaired) electrons. The van der Waals surface area contributed by atoms with E-state index in [4.69, 9.17) is 4.74 Å². The minimum absolute atomic E-state index is 0. The number of phenolic OH excluding ortho intramolecular Hbond substituents is 1. The van der Waals surface area contributed by atoms with Gasteiger partial charge in [-0.25, -0.2) is 0 Å². The number of benzene rings is 1. The van der Waals surface area contributed by atoms with E-state index in [9.17, 15) is 15.2 Å². The predicted molar refractivity (Wildman–Crippen MR) is 63.6 cm³/mol. The van der Waals surface area contributed by atoms with Gasteiger partial charge in [0.2, 0.25) is 0 Å². The lowest BCUT2D eigenvalue weighted by atomic mass is 10.0. The number of hydrogen-bond donors (Lipinski definition) is 2. The van der Waals surface area contributed by atoms with Crippen molar-refractivity contribution in [3.63, 3.8) is 0 Å². The van der Waals surface area contributed by atoms with E-state index in [2.05, 4.69) is 5.32 Å². The normalized spacial score (nSPS) is 19.4. The summed E-state index contributed by atoms with van der Waals surface area (Å²) < 4.78 is 5.25. The molecule has 0 aliphatic carbocycles. The number of phenols is 1. The van der Waals surface area contributed by atoms with Crippen LogP contribution in [-0.2, 0) is 4.74 Å². The van der Waals surface area contributed by atoms with E-state index >= 15 is 0 Å². The zero-order chi connectivity index (χ0) is 11.5. The second-order valence-electron chi connectivity index (χ2n) is 3.58. The second kappa shape index (κ2) is 5.81. The number of hydrogen-bond acceptors (Lipinski definition) is 5. The maximum atomic E-state index is 10.6. The lowest BCUT2D eigenvalue weighted by molar-refractivity contribution is -0.385. The monoisotopic (exact) mass is 260 g/mol. The zero-order valence-corrected chi connectivity index (χ0v) is 9.77. The van der Waals surface area contributed by atoms with Crippen molar-refractivity contribution >= 4 is 18.1 Å². The van der Waals surface area contributed by atoms with Crippen molar-refractivity contribution in [3.8, 4) is 5.75 Å². The van der Waals surface area contributed by atoms with E-state index in [1.807, 2.05) is 0 Å². The molecule has 94 valence electrons. The molecule has 0 amide bonds. The van der Waals surface area contributed by atoms with E-state index in [-0.39, 0.29) is 29.9 Å². The Hall–Kier alpha value is -1.37. The van der Waals surface area contributed by atoms with Crippen LogP contribution in [0, 0.1) is 10.1 Å². The molecule has 0 bridgehead atoms. The third-order valence-corrected chi connectivity index (χ3v) is 2.52. The molecule has 0 aromatic heterocycles. The maximum Gasteiger partial charge on any atom is 0.270 e. The largest absolute Gasteiger partial charge is 0.508 e. The second-order valence-corrected chi connectivity index (χ2v) is 3.58. The Bertz CT molecular complexity index is 407. The molecule has 2 rings (SSSR count). The fraction of sp³-hybridized carbons (Fsp3) is 0.400. The Balaban J connectivity index is 0.00000144. The minimum atomic E-state index is -0.480. The average Bonchev–Trinajstić information content (AvgIpc) is 2.30. The smallest absolute Gasteiger partial charge is 0.270 e. The molecule has 1 fully saturated rings.